The summed E-state index contributed by atoms with van der Waals surface area (Å²) in [7, 11) is 2.19. The lowest BCUT2D eigenvalue weighted by atomic mass is 9.89. The standard InChI is InChI=1S/C25H31N5O/c1-17-4-3-13-30(17)22-16-20-9-12-26-25(31)23(20)24(28-22)27-21-7-5-18(6-8-21)19-10-14-29(2)15-11-19/h5-9,12,16-17,19H,3-4,10-11,13-15H2,1-2H3,(H,26,31)(H,27,28). The van der Waals surface area contributed by atoms with Crippen LogP contribution in [0.3, 0.4) is 0 Å². The number of likely N-dealkylation sites (tertiary alicyclic amines) is 1. The molecule has 0 spiro atoms. The molecule has 1 aromatic carbocycles. The molecule has 0 bridgehead atoms. The molecule has 0 aliphatic carbocycles. The zero-order chi connectivity index (χ0) is 21.4. The molecule has 0 saturated carbocycles. The molecule has 1 unspecified atom stereocenters. The molecule has 2 saturated heterocycles. The minimum atomic E-state index is -0.114. The lowest BCUT2D eigenvalue weighted by molar-refractivity contribution is 0.255. The van der Waals surface area contributed by atoms with E-state index in [1.165, 1.54) is 31.2 Å². The highest BCUT2D eigenvalue weighted by atomic mass is 16.1. The first-order chi connectivity index (χ1) is 15.1. The summed E-state index contributed by atoms with van der Waals surface area (Å²) < 4.78 is 0. The Morgan fingerprint density at radius 2 is 1.84 bits per heavy atom. The van der Waals surface area contributed by atoms with Gasteiger partial charge < -0.3 is 20.1 Å². The zero-order valence-electron chi connectivity index (χ0n) is 18.4. The number of aromatic amines is 1. The number of piperidine rings is 1. The fourth-order valence-electron chi connectivity index (χ4n) is 5.03. The summed E-state index contributed by atoms with van der Waals surface area (Å²) in [4.78, 5) is 25.1. The minimum Gasteiger partial charge on any atom is -0.354 e. The number of hydrogen-bond donors (Lipinski definition) is 2. The lowest BCUT2D eigenvalue weighted by Crippen LogP contribution is -2.29. The Kier molecular flexibility index (Phi) is 5.40. The van der Waals surface area contributed by atoms with Crippen LogP contribution in [0, 0.1) is 0 Å². The van der Waals surface area contributed by atoms with Crippen molar-refractivity contribution in [3.63, 3.8) is 0 Å². The summed E-state index contributed by atoms with van der Waals surface area (Å²) >= 11 is 0. The monoisotopic (exact) mass is 417 g/mol. The van der Waals surface area contributed by atoms with Gasteiger partial charge in [-0.25, -0.2) is 4.98 Å². The van der Waals surface area contributed by atoms with Crippen LogP contribution in [0.1, 0.15) is 44.1 Å². The van der Waals surface area contributed by atoms with E-state index >= 15 is 0 Å². The maximum atomic E-state index is 12.6. The lowest BCUT2D eigenvalue weighted by Gasteiger charge is -2.29. The molecule has 31 heavy (non-hydrogen) atoms. The highest BCUT2D eigenvalue weighted by Crippen LogP contribution is 2.32. The van der Waals surface area contributed by atoms with Gasteiger partial charge in [0.25, 0.3) is 5.56 Å². The number of hydrogen-bond acceptors (Lipinski definition) is 5. The number of nitrogens with one attached hydrogen (secondary N) is 2. The third-order valence-electron chi connectivity index (χ3n) is 6.95. The van der Waals surface area contributed by atoms with Gasteiger partial charge in [0.2, 0.25) is 0 Å². The second-order valence-corrected chi connectivity index (χ2v) is 9.11. The van der Waals surface area contributed by atoms with Gasteiger partial charge in [-0.05, 0) is 93.9 Å². The van der Waals surface area contributed by atoms with Gasteiger partial charge in [0.1, 0.15) is 11.6 Å². The van der Waals surface area contributed by atoms with E-state index in [4.69, 9.17) is 4.98 Å². The van der Waals surface area contributed by atoms with Gasteiger partial charge in [-0.2, -0.15) is 0 Å². The second-order valence-electron chi connectivity index (χ2n) is 9.11. The Balaban J connectivity index is 1.46. The third kappa shape index (κ3) is 4.04. The predicted molar refractivity (Wildman–Crippen MR) is 128 cm³/mol. The summed E-state index contributed by atoms with van der Waals surface area (Å²) in [6.45, 7) is 5.56. The number of benzene rings is 1. The van der Waals surface area contributed by atoms with Crippen molar-refractivity contribution < 1.29 is 0 Å². The molecule has 162 valence electrons. The Bertz CT molecular complexity index is 1110. The Hall–Kier alpha value is -2.86. The summed E-state index contributed by atoms with van der Waals surface area (Å²) in [5.41, 5.74) is 2.24. The average Bonchev–Trinajstić information content (AvgIpc) is 3.21. The third-order valence-corrected chi connectivity index (χ3v) is 6.95. The topological polar surface area (TPSA) is 64.3 Å². The Morgan fingerprint density at radius 1 is 1.06 bits per heavy atom. The summed E-state index contributed by atoms with van der Waals surface area (Å²) in [5.74, 6) is 2.20. The zero-order valence-corrected chi connectivity index (χ0v) is 18.4. The largest absolute Gasteiger partial charge is 0.354 e. The average molecular weight is 418 g/mol. The van der Waals surface area contributed by atoms with Gasteiger partial charge in [0.15, 0.2) is 0 Å². The van der Waals surface area contributed by atoms with Crippen LogP contribution in [0.5, 0.6) is 0 Å². The molecular formula is C25H31N5O. The van der Waals surface area contributed by atoms with E-state index in [-0.39, 0.29) is 5.56 Å². The van der Waals surface area contributed by atoms with Crippen molar-refractivity contribution >= 4 is 28.1 Å². The van der Waals surface area contributed by atoms with Gasteiger partial charge in [-0.15, -0.1) is 0 Å². The fourth-order valence-corrected chi connectivity index (χ4v) is 5.03. The first-order valence-electron chi connectivity index (χ1n) is 11.4. The van der Waals surface area contributed by atoms with Crippen molar-refractivity contribution in [1.82, 2.24) is 14.9 Å². The molecule has 6 nitrogen and oxygen atoms in total. The van der Waals surface area contributed by atoms with E-state index in [2.05, 4.69) is 58.3 Å². The van der Waals surface area contributed by atoms with Crippen LogP contribution in [-0.4, -0.2) is 47.6 Å². The summed E-state index contributed by atoms with van der Waals surface area (Å²) in [6, 6.07) is 13.1. The Labute approximate surface area is 183 Å². The minimum absolute atomic E-state index is 0.114. The highest BCUT2D eigenvalue weighted by Gasteiger charge is 2.23. The number of H-pyrrole nitrogens is 1. The number of pyridine rings is 2. The second kappa shape index (κ2) is 8.35. The normalized spacial score (nSPS) is 20.5. The molecule has 5 rings (SSSR count). The van der Waals surface area contributed by atoms with E-state index in [9.17, 15) is 4.79 Å². The maximum Gasteiger partial charge on any atom is 0.259 e. The van der Waals surface area contributed by atoms with Crippen LogP contribution >= 0.6 is 0 Å². The molecule has 2 fully saturated rings. The van der Waals surface area contributed by atoms with Gasteiger partial charge in [0, 0.05) is 24.5 Å². The molecule has 1 atom stereocenters. The van der Waals surface area contributed by atoms with Crippen LogP contribution in [0.4, 0.5) is 17.3 Å². The van der Waals surface area contributed by atoms with Crippen molar-refractivity contribution in [3.05, 3.63) is 58.5 Å². The van der Waals surface area contributed by atoms with Gasteiger partial charge >= 0.3 is 0 Å². The van der Waals surface area contributed by atoms with E-state index in [0.717, 1.165) is 36.5 Å². The molecule has 0 radical (unpaired) electrons. The molecule has 2 aliphatic rings. The van der Waals surface area contributed by atoms with Crippen molar-refractivity contribution in [2.24, 2.45) is 0 Å². The first-order valence-corrected chi connectivity index (χ1v) is 11.4. The number of anilines is 3. The van der Waals surface area contributed by atoms with E-state index in [1.807, 2.05) is 12.1 Å². The first kappa shape index (κ1) is 20.1. The summed E-state index contributed by atoms with van der Waals surface area (Å²) in [6.07, 6.45) is 6.48. The van der Waals surface area contributed by atoms with E-state index in [1.54, 1.807) is 6.20 Å². The van der Waals surface area contributed by atoms with Crippen LogP contribution in [0.25, 0.3) is 10.8 Å². The molecule has 2 N–H and O–H groups in total. The molecule has 6 heteroatoms. The number of aromatic nitrogens is 2. The number of rotatable bonds is 4. The van der Waals surface area contributed by atoms with Gasteiger partial charge in [-0.3, -0.25) is 4.79 Å². The SMILES string of the molecule is CC1CCCN1c1cc2cc[nH]c(=O)c2c(Nc2ccc(C3CCN(C)CC3)cc2)n1. The van der Waals surface area contributed by atoms with Crippen LogP contribution in [-0.2, 0) is 0 Å². The fraction of sp³-hybridized carbons (Fsp3) is 0.440. The van der Waals surface area contributed by atoms with Crippen LogP contribution < -0.4 is 15.8 Å². The maximum absolute atomic E-state index is 12.6. The smallest absolute Gasteiger partial charge is 0.259 e. The van der Waals surface area contributed by atoms with Crippen molar-refractivity contribution in [2.45, 2.75) is 44.6 Å². The molecule has 3 aromatic rings. The van der Waals surface area contributed by atoms with Crippen molar-refractivity contribution in [2.75, 3.05) is 36.9 Å². The van der Waals surface area contributed by atoms with E-state index in [0.29, 0.717) is 23.2 Å². The predicted octanol–water partition coefficient (Wildman–Crippen LogP) is 4.46. The number of fused-ring (bicyclic) bond motifs is 1. The van der Waals surface area contributed by atoms with Crippen molar-refractivity contribution in [1.29, 1.82) is 0 Å². The molecular weight excluding hydrogens is 386 g/mol. The van der Waals surface area contributed by atoms with Crippen molar-refractivity contribution in [3.8, 4) is 0 Å². The molecule has 2 aromatic heterocycles. The van der Waals surface area contributed by atoms with Gasteiger partial charge in [-0.1, -0.05) is 12.1 Å². The molecule has 0 amide bonds. The molecule has 4 heterocycles. The molecule has 2 aliphatic heterocycles. The quantitative estimate of drug-likeness (QED) is 0.656. The van der Waals surface area contributed by atoms with Crippen LogP contribution in [0.2, 0.25) is 0 Å². The Morgan fingerprint density at radius 3 is 2.55 bits per heavy atom. The van der Waals surface area contributed by atoms with E-state index < -0.39 is 0 Å². The summed E-state index contributed by atoms with van der Waals surface area (Å²) in [5, 5.41) is 4.96. The highest BCUT2D eigenvalue weighted by molar-refractivity contribution is 5.94. The van der Waals surface area contributed by atoms with Crippen LogP contribution in [0.15, 0.2) is 47.4 Å². The van der Waals surface area contributed by atoms with Gasteiger partial charge in [0.05, 0.1) is 5.39 Å². The number of nitrogens with zero attached hydrogens (tertiary/aromatic N) is 3.